The number of rotatable bonds is 3. The average molecular weight is 250 g/mol. The van der Waals surface area contributed by atoms with Crippen LogP contribution < -0.4 is 5.73 Å². The molecule has 0 aromatic carbocycles. The van der Waals surface area contributed by atoms with Crippen LogP contribution in [0.4, 0.5) is 0 Å². The quantitative estimate of drug-likeness (QED) is 0.851. The molecule has 2 aromatic rings. The van der Waals surface area contributed by atoms with Crippen molar-refractivity contribution in [1.29, 1.82) is 0 Å². The molecular formula is C11H10N2OS2. The fourth-order valence-electron chi connectivity index (χ4n) is 1.65. The van der Waals surface area contributed by atoms with Gasteiger partial charge in [0.15, 0.2) is 10.8 Å². The van der Waals surface area contributed by atoms with E-state index in [1.54, 1.807) is 6.26 Å². The van der Waals surface area contributed by atoms with Gasteiger partial charge in [0.2, 0.25) is 0 Å². The van der Waals surface area contributed by atoms with E-state index >= 15 is 0 Å². The number of hydrogen-bond donors (Lipinski definition) is 1. The largest absolute Gasteiger partial charge is 0.462 e. The van der Waals surface area contributed by atoms with E-state index in [0.717, 1.165) is 21.3 Å². The first-order chi connectivity index (χ1) is 7.75. The third kappa shape index (κ3) is 1.66. The van der Waals surface area contributed by atoms with Gasteiger partial charge in [-0.2, -0.15) is 0 Å². The van der Waals surface area contributed by atoms with Crippen molar-refractivity contribution < 1.29 is 4.42 Å². The minimum absolute atomic E-state index is 0.442. The van der Waals surface area contributed by atoms with E-state index in [-0.39, 0.29) is 0 Å². The van der Waals surface area contributed by atoms with Crippen molar-refractivity contribution in [3.8, 4) is 10.8 Å². The molecule has 1 aliphatic carbocycles. The molecule has 0 unspecified atom stereocenters. The van der Waals surface area contributed by atoms with E-state index in [1.807, 2.05) is 12.1 Å². The lowest BCUT2D eigenvalue weighted by Gasteiger charge is -1.95. The first kappa shape index (κ1) is 9.99. The Kier molecular flexibility index (Phi) is 2.29. The highest BCUT2D eigenvalue weighted by Crippen LogP contribution is 2.44. The Hall–Kier alpha value is -1.20. The summed E-state index contributed by atoms with van der Waals surface area (Å²) in [5.41, 5.74) is 6.78. The molecule has 82 valence electrons. The van der Waals surface area contributed by atoms with E-state index in [4.69, 9.17) is 22.4 Å². The second kappa shape index (κ2) is 3.68. The number of nitrogens with zero attached hydrogens (tertiary/aromatic N) is 1. The Morgan fingerprint density at radius 1 is 1.56 bits per heavy atom. The molecule has 16 heavy (non-hydrogen) atoms. The lowest BCUT2D eigenvalue weighted by atomic mass is 10.2. The zero-order chi connectivity index (χ0) is 11.1. The summed E-state index contributed by atoms with van der Waals surface area (Å²) in [5.74, 6) is 1.34. The predicted octanol–water partition coefficient (Wildman–Crippen LogP) is 2.91. The molecule has 0 spiro atoms. The summed E-state index contributed by atoms with van der Waals surface area (Å²) in [4.78, 5) is 5.98. The zero-order valence-corrected chi connectivity index (χ0v) is 10.1. The van der Waals surface area contributed by atoms with E-state index in [2.05, 4.69) is 4.98 Å². The monoisotopic (exact) mass is 250 g/mol. The number of aromatic nitrogens is 1. The maximum absolute atomic E-state index is 5.72. The number of thiazole rings is 1. The average Bonchev–Trinajstić information content (AvgIpc) is 2.83. The Balaban J connectivity index is 2.08. The van der Waals surface area contributed by atoms with Gasteiger partial charge in [-0.15, -0.1) is 11.3 Å². The lowest BCUT2D eigenvalue weighted by Crippen LogP contribution is -2.09. The normalized spacial score (nSPS) is 15.2. The SMILES string of the molecule is NC(=S)c1sc(-c2ccco2)nc1C1CC1. The summed E-state index contributed by atoms with van der Waals surface area (Å²) in [7, 11) is 0. The van der Waals surface area contributed by atoms with Gasteiger partial charge in [-0.05, 0) is 25.0 Å². The molecule has 2 heterocycles. The van der Waals surface area contributed by atoms with Gasteiger partial charge in [-0.3, -0.25) is 0 Å². The molecule has 0 atom stereocenters. The molecule has 3 nitrogen and oxygen atoms in total. The maximum atomic E-state index is 5.72. The van der Waals surface area contributed by atoms with Crippen LogP contribution in [-0.4, -0.2) is 9.97 Å². The fraction of sp³-hybridized carbons (Fsp3) is 0.273. The van der Waals surface area contributed by atoms with Crippen LogP contribution in [0.3, 0.4) is 0 Å². The summed E-state index contributed by atoms with van der Waals surface area (Å²) in [6.07, 6.45) is 4.03. The molecule has 3 rings (SSSR count). The van der Waals surface area contributed by atoms with Crippen LogP contribution in [0.25, 0.3) is 10.8 Å². The van der Waals surface area contributed by atoms with Crippen LogP contribution in [0, 0.1) is 0 Å². The summed E-state index contributed by atoms with van der Waals surface area (Å²) in [6, 6.07) is 3.76. The van der Waals surface area contributed by atoms with Crippen molar-refractivity contribution in [3.63, 3.8) is 0 Å². The second-order valence-corrected chi connectivity index (χ2v) is 5.29. The molecule has 0 radical (unpaired) electrons. The molecule has 0 aliphatic heterocycles. The van der Waals surface area contributed by atoms with Crippen molar-refractivity contribution in [3.05, 3.63) is 29.0 Å². The zero-order valence-electron chi connectivity index (χ0n) is 8.47. The fourth-order valence-corrected chi connectivity index (χ4v) is 2.85. The maximum Gasteiger partial charge on any atom is 0.162 e. The highest BCUT2D eigenvalue weighted by atomic mass is 32.1. The summed E-state index contributed by atoms with van der Waals surface area (Å²) in [5, 5.41) is 0.870. The molecule has 1 fully saturated rings. The van der Waals surface area contributed by atoms with Crippen molar-refractivity contribution >= 4 is 28.5 Å². The van der Waals surface area contributed by atoms with E-state index < -0.39 is 0 Å². The van der Waals surface area contributed by atoms with Crippen molar-refractivity contribution in [2.24, 2.45) is 5.73 Å². The molecule has 5 heteroatoms. The molecule has 2 N–H and O–H groups in total. The minimum atomic E-state index is 0.442. The number of thiocarbonyl (C=S) groups is 1. The van der Waals surface area contributed by atoms with Crippen LogP contribution in [0.1, 0.15) is 29.3 Å². The van der Waals surface area contributed by atoms with Gasteiger partial charge in [-0.1, -0.05) is 12.2 Å². The third-order valence-electron chi connectivity index (χ3n) is 2.57. The smallest absolute Gasteiger partial charge is 0.162 e. The van der Waals surface area contributed by atoms with Crippen molar-refractivity contribution in [1.82, 2.24) is 4.98 Å². The summed E-state index contributed by atoms with van der Waals surface area (Å²) in [6.45, 7) is 0. The van der Waals surface area contributed by atoms with Crippen LogP contribution in [0.5, 0.6) is 0 Å². The van der Waals surface area contributed by atoms with E-state index in [9.17, 15) is 0 Å². The van der Waals surface area contributed by atoms with E-state index in [1.165, 1.54) is 24.2 Å². The number of nitrogens with two attached hydrogens (primary N) is 1. The third-order valence-corrected chi connectivity index (χ3v) is 4.03. The molecule has 1 aliphatic rings. The molecule has 0 amide bonds. The molecule has 0 bridgehead atoms. The topological polar surface area (TPSA) is 52.0 Å². The van der Waals surface area contributed by atoms with Gasteiger partial charge in [0, 0.05) is 5.92 Å². The Labute approximate surface area is 102 Å². The summed E-state index contributed by atoms with van der Waals surface area (Å²) < 4.78 is 5.33. The summed E-state index contributed by atoms with van der Waals surface area (Å²) >= 11 is 6.58. The van der Waals surface area contributed by atoms with Gasteiger partial charge in [0.1, 0.15) is 4.99 Å². The van der Waals surface area contributed by atoms with Crippen molar-refractivity contribution in [2.45, 2.75) is 18.8 Å². The van der Waals surface area contributed by atoms with Crippen LogP contribution in [-0.2, 0) is 0 Å². The Bertz CT molecular complexity index is 526. The Morgan fingerprint density at radius 3 is 2.94 bits per heavy atom. The highest BCUT2D eigenvalue weighted by molar-refractivity contribution is 7.81. The van der Waals surface area contributed by atoms with Gasteiger partial charge in [0.05, 0.1) is 16.8 Å². The van der Waals surface area contributed by atoms with Gasteiger partial charge in [-0.25, -0.2) is 4.98 Å². The predicted molar refractivity (Wildman–Crippen MR) is 67.7 cm³/mol. The van der Waals surface area contributed by atoms with Crippen LogP contribution >= 0.6 is 23.6 Å². The van der Waals surface area contributed by atoms with Crippen LogP contribution in [0.2, 0.25) is 0 Å². The number of hydrogen-bond acceptors (Lipinski definition) is 4. The van der Waals surface area contributed by atoms with Gasteiger partial charge >= 0.3 is 0 Å². The Morgan fingerprint density at radius 2 is 2.38 bits per heavy atom. The molecule has 1 saturated carbocycles. The first-order valence-electron chi connectivity index (χ1n) is 5.10. The molecular weight excluding hydrogens is 240 g/mol. The van der Waals surface area contributed by atoms with Gasteiger partial charge < -0.3 is 10.2 Å². The van der Waals surface area contributed by atoms with E-state index in [0.29, 0.717) is 10.9 Å². The lowest BCUT2D eigenvalue weighted by molar-refractivity contribution is 0.581. The van der Waals surface area contributed by atoms with Gasteiger partial charge in [0.25, 0.3) is 0 Å². The minimum Gasteiger partial charge on any atom is -0.462 e. The van der Waals surface area contributed by atoms with Crippen LogP contribution in [0.15, 0.2) is 22.8 Å². The van der Waals surface area contributed by atoms with Crippen molar-refractivity contribution in [2.75, 3.05) is 0 Å². The number of furan rings is 1. The standard InChI is InChI=1S/C11H10N2OS2/c12-10(15)9-8(6-3-4-6)13-11(16-9)7-2-1-5-14-7/h1-2,5-6H,3-4H2,(H2,12,15). The first-order valence-corrected chi connectivity index (χ1v) is 6.32. The second-order valence-electron chi connectivity index (χ2n) is 3.85. The molecule has 2 aromatic heterocycles. The highest BCUT2D eigenvalue weighted by Gasteiger charge is 2.31. The molecule has 0 saturated heterocycles.